The molecule has 2 heteroatoms. The Labute approximate surface area is 80.5 Å². The Hall–Kier alpha value is 0.0500. The lowest BCUT2D eigenvalue weighted by molar-refractivity contribution is 1.20. The van der Waals surface area contributed by atoms with Gasteiger partial charge in [0.1, 0.15) is 0 Å². The molecule has 1 aromatic rings. The summed E-state index contributed by atoms with van der Waals surface area (Å²) in [7, 11) is 0. The molecule has 0 nitrogen and oxygen atoms in total. The Balaban J connectivity index is 3.29. The van der Waals surface area contributed by atoms with E-state index in [9.17, 15) is 0 Å². The van der Waals surface area contributed by atoms with E-state index >= 15 is 0 Å². The highest BCUT2D eigenvalue weighted by molar-refractivity contribution is 9.10. The number of aryl methyl sites for hydroxylation is 1. The fourth-order valence-corrected chi connectivity index (χ4v) is 2.38. The summed E-state index contributed by atoms with van der Waals surface area (Å²) in [6.45, 7) is 4.29. The summed E-state index contributed by atoms with van der Waals surface area (Å²) in [4.78, 5) is 1.39. The average molecular weight is 231 g/mol. The van der Waals surface area contributed by atoms with Crippen molar-refractivity contribution in [2.75, 3.05) is 6.26 Å². The van der Waals surface area contributed by atoms with Crippen molar-refractivity contribution in [1.82, 2.24) is 0 Å². The van der Waals surface area contributed by atoms with Crippen LogP contribution in [0.15, 0.2) is 21.5 Å². The lowest BCUT2D eigenvalue weighted by Gasteiger charge is -2.07. The first-order valence-electron chi connectivity index (χ1n) is 3.46. The van der Waals surface area contributed by atoms with Gasteiger partial charge in [0, 0.05) is 9.37 Å². The van der Waals surface area contributed by atoms with E-state index in [1.54, 1.807) is 11.8 Å². The summed E-state index contributed by atoms with van der Waals surface area (Å²) in [6, 6.07) is 4.24. The molecule has 0 aliphatic rings. The van der Waals surface area contributed by atoms with Crippen LogP contribution >= 0.6 is 27.7 Å². The number of rotatable bonds is 1. The minimum Gasteiger partial charge on any atom is -0.129 e. The Morgan fingerprint density at radius 1 is 1.27 bits per heavy atom. The molecule has 0 heterocycles. The van der Waals surface area contributed by atoms with E-state index in [0.29, 0.717) is 0 Å². The Morgan fingerprint density at radius 3 is 2.36 bits per heavy atom. The molecule has 0 aromatic heterocycles. The molecule has 11 heavy (non-hydrogen) atoms. The molecule has 0 saturated carbocycles. The Kier molecular flexibility index (Phi) is 3.02. The van der Waals surface area contributed by atoms with Crippen LogP contribution in [0, 0.1) is 13.8 Å². The topological polar surface area (TPSA) is 0 Å². The molecule has 0 saturated heterocycles. The Bertz CT molecular complexity index is 269. The SMILES string of the molecule is CSc1c(C)ccc(Br)c1C. The fourth-order valence-electron chi connectivity index (χ4n) is 1.12. The average Bonchev–Trinajstić information content (AvgIpc) is 1.99. The van der Waals surface area contributed by atoms with Crippen LogP contribution in [0.5, 0.6) is 0 Å². The summed E-state index contributed by atoms with van der Waals surface area (Å²) in [6.07, 6.45) is 2.11. The van der Waals surface area contributed by atoms with Crippen molar-refractivity contribution in [2.45, 2.75) is 18.7 Å². The van der Waals surface area contributed by atoms with E-state index in [1.807, 2.05) is 0 Å². The van der Waals surface area contributed by atoms with Crippen molar-refractivity contribution in [1.29, 1.82) is 0 Å². The number of halogens is 1. The quantitative estimate of drug-likeness (QED) is 0.662. The third-order valence-electron chi connectivity index (χ3n) is 1.74. The van der Waals surface area contributed by atoms with Crippen molar-refractivity contribution in [3.05, 3.63) is 27.7 Å². The zero-order chi connectivity index (χ0) is 8.43. The van der Waals surface area contributed by atoms with Gasteiger partial charge in [-0.25, -0.2) is 0 Å². The van der Waals surface area contributed by atoms with Crippen LogP contribution in [-0.4, -0.2) is 6.26 Å². The van der Waals surface area contributed by atoms with Crippen LogP contribution in [0.4, 0.5) is 0 Å². The molecule has 0 radical (unpaired) electrons. The predicted molar refractivity (Wildman–Crippen MR) is 55.4 cm³/mol. The first-order chi connectivity index (χ1) is 5.16. The fraction of sp³-hybridized carbons (Fsp3) is 0.333. The van der Waals surface area contributed by atoms with E-state index in [2.05, 4.69) is 48.2 Å². The molecule has 0 spiro atoms. The first-order valence-corrected chi connectivity index (χ1v) is 5.48. The van der Waals surface area contributed by atoms with Crippen molar-refractivity contribution in [3.8, 4) is 0 Å². The monoisotopic (exact) mass is 230 g/mol. The summed E-state index contributed by atoms with van der Waals surface area (Å²) >= 11 is 5.31. The maximum atomic E-state index is 3.51. The standard InChI is InChI=1S/C9H11BrS/c1-6-4-5-8(10)7(2)9(6)11-3/h4-5H,1-3H3. The van der Waals surface area contributed by atoms with Gasteiger partial charge in [-0.2, -0.15) is 0 Å². The molecule has 60 valence electrons. The molecule has 0 unspecified atom stereocenters. The highest BCUT2D eigenvalue weighted by Gasteiger charge is 2.03. The van der Waals surface area contributed by atoms with Gasteiger partial charge in [-0.3, -0.25) is 0 Å². The lowest BCUT2D eigenvalue weighted by Crippen LogP contribution is -1.84. The van der Waals surface area contributed by atoms with Gasteiger partial charge in [0.15, 0.2) is 0 Å². The van der Waals surface area contributed by atoms with Crippen LogP contribution in [0.1, 0.15) is 11.1 Å². The van der Waals surface area contributed by atoms with E-state index < -0.39 is 0 Å². The maximum Gasteiger partial charge on any atom is 0.0215 e. The van der Waals surface area contributed by atoms with Gasteiger partial charge in [-0.15, -0.1) is 11.8 Å². The van der Waals surface area contributed by atoms with Gasteiger partial charge >= 0.3 is 0 Å². The minimum atomic E-state index is 1.20. The van der Waals surface area contributed by atoms with Crippen LogP contribution in [0.2, 0.25) is 0 Å². The van der Waals surface area contributed by atoms with Crippen molar-refractivity contribution in [3.63, 3.8) is 0 Å². The summed E-state index contributed by atoms with van der Waals surface area (Å²) in [5, 5.41) is 0. The highest BCUT2D eigenvalue weighted by atomic mass is 79.9. The molecule has 0 aliphatic heterocycles. The van der Waals surface area contributed by atoms with E-state index in [4.69, 9.17) is 0 Å². The van der Waals surface area contributed by atoms with E-state index in [1.165, 1.54) is 20.5 Å². The van der Waals surface area contributed by atoms with Crippen LogP contribution in [-0.2, 0) is 0 Å². The van der Waals surface area contributed by atoms with Crippen LogP contribution in [0.3, 0.4) is 0 Å². The molecule has 0 atom stereocenters. The number of hydrogen-bond donors (Lipinski definition) is 0. The normalized spacial score (nSPS) is 10.2. The molecule has 0 aliphatic carbocycles. The second-order valence-electron chi connectivity index (χ2n) is 2.52. The van der Waals surface area contributed by atoms with Crippen LogP contribution in [0.25, 0.3) is 0 Å². The van der Waals surface area contributed by atoms with Gasteiger partial charge in [0.05, 0.1) is 0 Å². The number of thioether (sulfide) groups is 1. The minimum absolute atomic E-state index is 1.20. The van der Waals surface area contributed by atoms with Gasteiger partial charge in [-0.1, -0.05) is 22.0 Å². The van der Waals surface area contributed by atoms with Gasteiger partial charge < -0.3 is 0 Å². The Morgan fingerprint density at radius 2 is 1.91 bits per heavy atom. The van der Waals surface area contributed by atoms with Crippen LogP contribution < -0.4 is 0 Å². The van der Waals surface area contributed by atoms with Gasteiger partial charge in [-0.05, 0) is 37.3 Å². The van der Waals surface area contributed by atoms with Gasteiger partial charge in [0.2, 0.25) is 0 Å². The molecule has 0 amide bonds. The second-order valence-corrected chi connectivity index (χ2v) is 4.19. The molecule has 0 N–H and O–H groups in total. The predicted octanol–water partition coefficient (Wildman–Crippen LogP) is 3.79. The maximum absolute atomic E-state index is 3.51. The second kappa shape index (κ2) is 3.63. The molecule has 0 bridgehead atoms. The summed E-state index contributed by atoms with van der Waals surface area (Å²) < 4.78 is 1.20. The first kappa shape index (κ1) is 9.14. The largest absolute Gasteiger partial charge is 0.129 e. The zero-order valence-corrected chi connectivity index (χ0v) is 9.34. The lowest BCUT2D eigenvalue weighted by atomic mass is 10.2. The molecule has 1 rings (SSSR count). The molecule has 0 fully saturated rings. The third-order valence-corrected chi connectivity index (χ3v) is 3.64. The third kappa shape index (κ3) is 1.79. The van der Waals surface area contributed by atoms with Gasteiger partial charge in [0.25, 0.3) is 0 Å². The van der Waals surface area contributed by atoms with E-state index in [0.717, 1.165) is 0 Å². The number of benzene rings is 1. The molecule has 1 aromatic carbocycles. The van der Waals surface area contributed by atoms with Crippen molar-refractivity contribution < 1.29 is 0 Å². The smallest absolute Gasteiger partial charge is 0.0215 e. The number of hydrogen-bond acceptors (Lipinski definition) is 1. The zero-order valence-electron chi connectivity index (χ0n) is 6.94. The van der Waals surface area contributed by atoms with Crippen molar-refractivity contribution in [2.24, 2.45) is 0 Å². The molecular formula is C9H11BrS. The summed E-state index contributed by atoms with van der Waals surface area (Å²) in [5.74, 6) is 0. The summed E-state index contributed by atoms with van der Waals surface area (Å²) in [5.41, 5.74) is 2.70. The highest BCUT2D eigenvalue weighted by Crippen LogP contribution is 2.29. The van der Waals surface area contributed by atoms with Crippen molar-refractivity contribution >= 4 is 27.7 Å². The van der Waals surface area contributed by atoms with E-state index in [-0.39, 0.29) is 0 Å². The molecular weight excluding hydrogens is 220 g/mol.